The Bertz CT molecular complexity index is 499. The first-order chi connectivity index (χ1) is 8.93. The number of imide groups is 1. The smallest absolute Gasteiger partial charge is 0.321 e. The van der Waals surface area contributed by atoms with Gasteiger partial charge in [0.2, 0.25) is 0 Å². The predicted molar refractivity (Wildman–Crippen MR) is 69.1 cm³/mol. The van der Waals surface area contributed by atoms with E-state index in [-0.39, 0.29) is 5.78 Å². The minimum atomic E-state index is -0.848. The molecule has 0 radical (unpaired) electrons. The summed E-state index contributed by atoms with van der Waals surface area (Å²) >= 11 is 0. The van der Waals surface area contributed by atoms with Crippen molar-refractivity contribution in [1.29, 1.82) is 0 Å². The molecule has 0 aliphatic carbocycles. The van der Waals surface area contributed by atoms with Gasteiger partial charge in [-0.2, -0.15) is 0 Å². The van der Waals surface area contributed by atoms with Crippen molar-refractivity contribution in [3.8, 4) is 5.75 Å². The standard InChI is InChI=1S/C13H16N2O4/c1-8(16)10-5-4-6-11(7-10)19-9(2)12(17)15-13(18)14-3/h4-7,9H,1-3H3,(H2,14,15,17,18). The summed E-state index contributed by atoms with van der Waals surface area (Å²) in [4.78, 5) is 33.8. The number of amides is 3. The summed E-state index contributed by atoms with van der Waals surface area (Å²) in [5, 5.41) is 4.37. The second-order valence-corrected chi connectivity index (χ2v) is 3.91. The van der Waals surface area contributed by atoms with Crippen molar-refractivity contribution in [2.75, 3.05) is 7.05 Å². The van der Waals surface area contributed by atoms with Gasteiger partial charge in [0, 0.05) is 12.6 Å². The lowest BCUT2D eigenvalue weighted by atomic mass is 10.1. The van der Waals surface area contributed by atoms with E-state index in [1.807, 2.05) is 0 Å². The number of carbonyl (C=O) groups excluding carboxylic acids is 3. The molecule has 2 N–H and O–H groups in total. The number of hydrogen-bond acceptors (Lipinski definition) is 4. The highest BCUT2D eigenvalue weighted by Crippen LogP contribution is 2.15. The molecule has 1 aromatic rings. The van der Waals surface area contributed by atoms with Gasteiger partial charge < -0.3 is 10.1 Å². The van der Waals surface area contributed by atoms with Gasteiger partial charge in [-0.1, -0.05) is 12.1 Å². The van der Waals surface area contributed by atoms with Crippen LogP contribution in [-0.4, -0.2) is 30.9 Å². The molecule has 0 aliphatic rings. The zero-order valence-electron chi connectivity index (χ0n) is 11.0. The van der Waals surface area contributed by atoms with Crippen molar-refractivity contribution in [3.05, 3.63) is 29.8 Å². The zero-order valence-corrected chi connectivity index (χ0v) is 11.0. The number of urea groups is 1. The lowest BCUT2D eigenvalue weighted by Gasteiger charge is -2.14. The van der Waals surface area contributed by atoms with E-state index in [1.54, 1.807) is 24.3 Å². The minimum absolute atomic E-state index is 0.0899. The highest BCUT2D eigenvalue weighted by Gasteiger charge is 2.17. The summed E-state index contributed by atoms with van der Waals surface area (Å²) in [6.45, 7) is 2.96. The van der Waals surface area contributed by atoms with Crippen molar-refractivity contribution in [1.82, 2.24) is 10.6 Å². The van der Waals surface area contributed by atoms with Gasteiger partial charge in [0.05, 0.1) is 0 Å². The van der Waals surface area contributed by atoms with E-state index in [0.29, 0.717) is 11.3 Å². The van der Waals surface area contributed by atoms with Crippen LogP contribution in [0.1, 0.15) is 24.2 Å². The first-order valence-corrected chi connectivity index (χ1v) is 5.74. The average molecular weight is 264 g/mol. The Labute approximate surface area is 111 Å². The Hall–Kier alpha value is -2.37. The third-order valence-electron chi connectivity index (χ3n) is 2.39. The van der Waals surface area contributed by atoms with Crippen LogP contribution in [0.3, 0.4) is 0 Å². The molecule has 1 unspecified atom stereocenters. The molecule has 0 fully saturated rings. The van der Waals surface area contributed by atoms with Gasteiger partial charge in [-0.3, -0.25) is 14.9 Å². The lowest BCUT2D eigenvalue weighted by Crippen LogP contribution is -2.43. The maximum atomic E-state index is 11.6. The Morgan fingerprint density at radius 1 is 1.26 bits per heavy atom. The Kier molecular flexibility index (Phi) is 5.05. The molecule has 0 saturated heterocycles. The van der Waals surface area contributed by atoms with E-state index < -0.39 is 18.0 Å². The first kappa shape index (κ1) is 14.7. The Morgan fingerprint density at radius 2 is 1.95 bits per heavy atom. The van der Waals surface area contributed by atoms with E-state index >= 15 is 0 Å². The van der Waals surface area contributed by atoms with E-state index in [2.05, 4.69) is 10.6 Å². The first-order valence-electron chi connectivity index (χ1n) is 5.74. The highest BCUT2D eigenvalue weighted by molar-refractivity contribution is 5.96. The van der Waals surface area contributed by atoms with Crippen LogP contribution in [-0.2, 0) is 4.79 Å². The van der Waals surface area contributed by atoms with Gasteiger partial charge >= 0.3 is 6.03 Å². The molecule has 19 heavy (non-hydrogen) atoms. The van der Waals surface area contributed by atoms with Crippen molar-refractivity contribution >= 4 is 17.7 Å². The van der Waals surface area contributed by atoms with Gasteiger partial charge in [-0.15, -0.1) is 0 Å². The molecule has 1 aromatic carbocycles. The van der Waals surface area contributed by atoms with Crippen molar-refractivity contribution in [3.63, 3.8) is 0 Å². The number of ether oxygens (including phenoxy) is 1. The molecule has 3 amide bonds. The number of ketones is 1. The van der Waals surface area contributed by atoms with E-state index in [1.165, 1.54) is 20.9 Å². The fourth-order valence-electron chi connectivity index (χ4n) is 1.32. The topological polar surface area (TPSA) is 84.5 Å². The van der Waals surface area contributed by atoms with Crippen molar-refractivity contribution in [2.45, 2.75) is 20.0 Å². The van der Waals surface area contributed by atoms with Crippen LogP contribution >= 0.6 is 0 Å². The number of Topliss-reactive ketones (excluding diaryl/α,β-unsaturated/α-hetero) is 1. The quantitative estimate of drug-likeness (QED) is 0.798. The van der Waals surface area contributed by atoms with Crippen LogP contribution in [0, 0.1) is 0 Å². The third-order valence-corrected chi connectivity index (χ3v) is 2.39. The van der Waals surface area contributed by atoms with Gasteiger partial charge in [0.1, 0.15) is 5.75 Å². The van der Waals surface area contributed by atoms with Crippen LogP contribution < -0.4 is 15.4 Å². The lowest BCUT2D eigenvalue weighted by molar-refractivity contribution is -0.126. The van der Waals surface area contributed by atoms with Gasteiger partial charge in [0.25, 0.3) is 5.91 Å². The summed E-state index contributed by atoms with van der Waals surface area (Å²) in [5.74, 6) is -0.257. The molecule has 102 valence electrons. The normalized spacial score (nSPS) is 11.3. The number of nitrogens with one attached hydrogen (secondary N) is 2. The molecule has 0 heterocycles. The molecule has 0 aliphatic heterocycles. The van der Waals surface area contributed by atoms with Crippen LogP contribution in [0.25, 0.3) is 0 Å². The summed E-state index contributed by atoms with van der Waals surface area (Å²) in [5.41, 5.74) is 0.497. The fraction of sp³-hybridized carbons (Fsp3) is 0.308. The monoisotopic (exact) mass is 264 g/mol. The average Bonchev–Trinajstić information content (AvgIpc) is 2.38. The van der Waals surface area contributed by atoms with Gasteiger partial charge in [-0.05, 0) is 26.0 Å². The summed E-state index contributed by atoms with van der Waals surface area (Å²) in [6.07, 6.45) is -0.848. The van der Waals surface area contributed by atoms with E-state index in [9.17, 15) is 14.4 Å². The molecule has 6 heteroatoms. The van der Waals surface area contributed by atoms with E-state index in [0.717, 1.165) is 0 Å². The maximum Gasteiger partial charge on any atom is 0.321 e. The highest BCUT2D eigenvalue weighted by atomic mass is 16.5. The number of benzene rings is 1. The van der Waals surface area contributed by atoms with Crippen LogP contribution in [0.5, 0.6) is 5.75 Å². The second kappa shape index (κ2) is 6.53. The molecule has 0 spiro atoms. The SMILES string of the molecule is CNC(=O)NC(=O)C(C)Oc1cccc(C(C)=O)c1. The molecule has 0 aromatic heterocycles. The molecule has 1 rings (SSSR count). The molecular formula is C13H16N2O4. The molecule has 0 bridgehead atoms. The van der Waals surface area contributed by atoms with E-state index in [4.69, 9.17) is 4.74 Å². The number of rotatable bonds is 4. The van der Waals surface area contributed by atoms with Crippen molar-refractivity contribution in [2.24, 2.45) is 0 Å². The summed E-state index contributed by atoms with van der Waals surface area (Å²) in [7, 11) is 1.41. The zero-order chi connectivity index (χ0) is 14.4. The van der Waals surface area contributed by atoms with Crippen LogP contribution in [0.15, 0.2) is 24.3 Å². The second-order valence-electron chi connectivity index (χ2n) is 3.91. The minimum Gasteiger partial charge on any atom is -0.481 e. The Balaban J connectivity index is 2.68. The maximum absolute atomic E-state index is 11.6. The number of hydrogen-bond donors (Lipinski definition) is 2. The summed E-state index contributed by atoms with van der Waals surface area (Å²) in [6, 6.07) is 5.90. The van der Waals surface area contributed by atoms with Crippen molar-refractivity contribution < 1.29 is 19.1 Å². The largest absolute Gasteiger partial charge is 0.481 e. The van der Waals surface area contributed by atoms with Crippen LogP contribution in [0.4, 0.5) is 4.79 Å². The summed E-state index contributed by atoms with van der Waals surface area (Å²) < 4.78 is 5.37. The third kappa shape index (κ3) is 4.42. The fourth-order valence-corrected chi connectivity index (χ4v) is 1.32. The van der Waals surface area contributed by atoms with Crippen LogP contribution in [0.2, 0.25) is 0 Å². The molecular weight excluding hydrogens is 248 g/mol. The molecule has 6 nitrogen and oxygen atoms in total. The molecule has 0 saturated carbocycles. The predicted octanol–water partition coefficient (Wildman–Crippen LogP) is 1.11. The van der Waals surface area contributed by atoms with Gasteiger partial charge in [0.15, 0.2) is 11.9 Å². The molecule has 1 atom stereocenters. The van der Waals surface area contributed by atoms with Gasteiger partial charge in [-0.25, -0.2) is 4.79 Å². The Morgan fingerprint density at radius 3 is 2.53 bits per heavy atom. The number of carbonyl (C=O) groups is 3.